The average Bonchev–Trinajstić information content (AvgIpc) is 3.36. The molecular weight excluding hydrogens is 532 g/mol. The van der Waals surface area contributed by atoms with Crippen molar-refractivity contribution in [2.75, 3.05) is 27.3 Å². The Morgan fingerprint density at radius 3 is 2.59 bits per heavy atom. The number of esters is 1. The lowest BCUT2D eigenvalue weighted by molar-refractivity contribution is -0.150. The summed E-state index contributed by atoms with van der Waals surface area (Å²) in [4.78, 5) is 54.2. The summed E-state index contributed by atoms with van der Waals surface area (Å²) < 4.78 is 21.6. The lowest BCUT2D eigenvalue weighted by Crippen LogP contribution is -2.54. The minimum Gasteiger partial charge on any atom is -0.493 e. The molecule has 2 aromatic carbocycles. The fourth-order valence-electron chi connectivity index (χ4n) is 4.55. The standard InChI is InChI=1S/C29H34N4O8/c1-16(2)21-14-33(26(35)13-20-19-8-6-7-9-22(19)41-32-20)15-25(34)30-17(3)27(29(37)39-5)40-24-12-18(28(36)31-21)10-11-23(24)38-4/h6-12,16-17,21,27H,13-15H2,1-5H3,(H,30,34)(H,31,36)/t17-,21+,27+/m0/s1. The van der Waals surface area contributed by atoms with Crippen LogP contribution in [0.2, 0.25) is 0 Å². The van der Waals surface area contributed by atoms with Crippen molar-refractivity contribution < 1.29 is 37.9 Å². The van der Waals surface area contributed by atoms with Crippen LogP contribution in [0.4, 0.5) is 0 Å². The number of hydrogen-bond donors (Lipinski definition) is 2. The zero-order valence-corrected chi connectivity index (χ0v) is 23.6. The predicted octanol–water partition coefficient (Wildman–Crippen LogP) is 2.10. The topological polar surface area (TPSA) is 149 Å². The second-order valence-electron chi connectivity index (χ2n) is 10.2. The highest BCUT2D eigenvalue weighted by atomic mass is 16.6. The van der Waals surface area contributed by atoms with Crippen LogP contribution in [0.3, 0.4) is 0 Å². The van der Waals surface area contributed by atoms with Gasteiger partial charge >= 0.3 is 5.97 Å². The Bertz CT molecular complexity index is 1440. The zero-order valence-electron chi connectivity index (χ0n) is 23.6. The number of aromatic nitrogens is 1. The minimum absolute atomic E-state index is 0.0553. The van der Waals surface area contributed by atoms with Crippen molar-refractivity contribution in [2.24, 2.45) is 5.92 Å². The number of nitrogens with zero attached hydrogens (tertiary/aromatic N) is 2. The fraction of sp³-hybridized carbons (Fsp3) is 0.414. The van der Waals surface area contributed by atoms with Crippen LogP contribution in [-0.2, 0) is 25.5 Å². The first kappa shape index (κ1) is 29.4. The van der Waals surface area contributed by atoms with Gasteiger partial charge in [0.05, 0.1) is 33.2 Å². The van der Waals surface area contributed by atoms with E-state index in [-0.39, 0.29) is 42.6 Å². The summed E-state index contributed by atoms with van der Waals surface area (Å²) in [5.74, 6) is -1.74. The van der Waals surface area contributed by atoms with E-state index in [0.29, 0.717) is 22.4 Å². The second-order valence-corrected chi connectivity index (χ2v) is 10.2. The summed E-state index contributed by atoms with van der Waals surface area (Å²) in [6.07, 6.45) is -1.39. The number of hydrogen-bond acceptors (Lipinski definition) is 9. The van der Waals surface area contributed by atoms with Gasteiger partial charge in [-0.15, -0.1) is 0 Å². The molecule has 0 saturated heterocycles. The SMILES string of the molecule is COC(=O)[C@@H]1Oc2cc(ccc2OC)C(=O)N[C@@H](C(C)C)CN(C(=O)Cc2noc3ccccc23)CC(=O)N[C@H]1C. The molecule has 0 aliphatic carbocycles. The highest BCUT2D eigenvalue weighted by molar-refractivity contribution is 5.95. The van der Waals surface area contributed by atoms with Gasteiger partial charge in [-0.05, 0) is 43.2 Å². The molecule has 0 saturated carbocycles. The Hall–Kier alpha value is -4.61. The fourth-order valence-corrected chi connectivity index (χ4v) is 4.55. The first-order valence-electron chi connectivity index (χ1n) is 13.2. The normalized spacial score (nSPS) is 20.0. The molecule has 41 heavy (non-hydrogen) atoms. The largest absolute Gasteiger partial charge is 0.493 e. The van der Waals surface area contributed by atoms with Crippen LogP contribution < -0.4 is 20.1 Å². The first-order valence-corrected chi connectivity index (χ1v) is 13.2. The molecule has 218 valence electrons. The van der Waals surface area contributed by atoms with E-state index in [4.69, 9.17) is 18.7 Å². The highest BCUT2D eigenvalue weighted by Gasteiger charge is 2.33. The van der Waals surface area contributed by atoms with Gasteiger partial charge in [0.2, 0.25) is 17.9 Å². The molecule has 1 aromatic heterocycles. The van der Waals surface area contributed by atoms with Crippen LogP contribution in [0.5, 0.6) is 11.5 Å². The Kier molecular flexibility index (Phi) is 9.10. The van der Waals surface area contributed by atoms with Crippen LogP contribution in [-0.4, -0.2) is 79.2 Å². The van der Waals surface area contributed by atoms with Crippen molar-refractivity contribution in [2.45, 2.75) is 45.4 Å². The zero-order chi connectivity index (χ0) is 29.7. The van der Waals surface area contributed by atoms with Crippen molar-refractivity contribution in [1.82, 2.24) is 20.7 Å². The maximum absolute atomic E-state index is 13.6. The summed E-state index contributed by atoms with van der Waals surface area (Å²) in [6.45, 7) is 5.13. The summed E-state index contributed by atoms with van der Waals surface area (Å²) in [5, 5.41) is 10.5. The van der Waals surface area contributed by atoms with Gasteiger partial charge in [0.25, 0.3) is 5.91 Å². The van der Waals surface area contributed by atoms with Crippen molar-refractivity contribution in [3.63, 3.8) is 0 Å². The molecule has 3 amide bonds. The number of para-hydroxylation sites is 1. The number of benzene rings is 2. The average molecular weight is 567 g/mol. The van der Waals surface area contributed by atoms with Gasteiger partial charge < -0.3 is 34.3 Å². The van der Waals surface area contributed by atoms with E-state index < -0.39 is 36.0 Å². The molecule has 2 heterocycles. The van der Waals surface area contributed by atoms with Gasteiger partial charge in [-0.25, -0.2) is 4.79 Å². The third-order valence-corrected chi connectivity index (χ3v) is 6.95. The number of fused-ring (bicyclic) bond motifs is 3. The van der Waals surface area contributed by atoms with Gasteiger partial charge in [0, 0.05) is 23.5 Å². The molecule has 0 fully saturated rings. The van der Waals surface area contributed by atoms with Crippen LogP contribution in [0.1, 0.15) is 36.8 Å². The number of rotatable bonds is 5. The van der Waals surface area contributed by atoms with Gasteiger partial charge in [-0.2, -0.15) is 0 Å². The monoisotopic (exact) mass is 566 g/mol. The molecule has 1 aliphatic rings. The van der Waals surface area contributed by atoms with Crippen molar-refractivity contribution in [3.05, 3.63) is 53.7 Å². The van der Waals surface area contributed by atoms with Crippen LogP contribution in [0.25, 0.3) is 11.0 Å². The molecule has 0 spiro atoms. The van der Waals surface area contributed by atoms with E-state index in [9.17, 15) is 19.2 Å². The first-order chi connectivity index (χ1) is 19.6. The molecule has 1 aliphatic heterocycles. The summed E-state index contributed by atoms with van der Waals surface area (Å²) in [7, 11) is 2.63. The predicted molar refractivity (Wildman–Crippen MR) is 147 cm³/mol. The summed E-state index contributed by atoms with van der Waals surface area (Å²) >= 11 is 0. The summed E-state index contributed by atoms with van der Waals surface area (Å²) in [5.41, 5.74) is 1.24. The van der Waals surface area contributed by atoms with E-state index >= 15 is 0 Å². The lowest BCUT2D eigenvalue weighted by atomic mass is 10.0. The maximum Gasteiger partial charge on any atom is 0.349 e. The van der Waals surface area contributed by atoms with Gasteiger partial charge in [-0.3, -0.25) is 14.4 Å². The number of methoxy groups -OCH3 is 2. The van der Waals surface area contributed by atoms with Crippen LogP contribution in [0.15, 0.2) is 47.0 Å². The Labute approximate surface area is 237 Å². The third kappa shape index (κ3) is 6.76. The molecule has 12 heteroatoms. The molecule has 3 atom stereocenters. The van der Waals surface area contributed by atoms with E-state index in [1.165, 1.54) is 25.2 Å². The number of carbonyl (C=O) groups excluding carboxylic acids is 4. The molecule has 2 bridgehead atoms. The Morgan fingerprint density at radius 2 is 1.88 bits per heavy atom. The molecule has 4 rings (SSSR count). The molecule has 2 N–H and O–H groups in total. The van der Waals surface area contributed by atoms with Crippen LogP contribution in [0, 0.1) is 5.92 Å². The molecular formula is C29H34N4O8. The van der Waals surface area contributed by atoms with Gasteiger partial charge in [-0.1, -0.05) is 31.1 Å². The van der Waals surface area contributed by atoms with E-state index in [1.807, 2.05) is 19.9 Å². The van der Waals surface area contributed by atoms with Crippen molar-refractivity contribution >= 4 is 34.7 Å². The molecule has 0 unspecified atom stereocenters. The molecule has 12 nitrogen and oxygen atoms in total. The smallest absolute Gasteiger partial charge is 0.349 e. The molecule has 0 radical (unpaired) electrons. The summed E-state index contributed by atoms with van der Waals surface area (Å²) in [6, 6.07) is 10.4. The highest BCUT2D eigenvalue weighted by Crippen LogP contribution is 2.30. The number of carbonyl (C=O) groups is 4. The second kappa shape index (κ2) is 12.7. The number of amides is 3. The third-order valence-electron chi connectivity index (χ3n) is 6.95. The van der Waals surface area contributed by atoms with Gasteiger partial charge in [0.1, 0.15) is 5.69 Å². The lowest BCUT2D eigenvalue weighted by Gasteiger charge is -2.31. The van der Waals surface area contributed by atoms with E-state index in [0.717, 1.165) is 0 Å². The van der Waals surface area contributed by atoms with E-state index in [2.05, 4.69) is 15.8 Å². The van der Waals surface area contributed by atoms with Gasteiger partial charge in [0.15, 0.2) is 17.1 Å². The van der Waals surface area contributed by atoms with Crippen LogP contribution >= 0.6 is 0 Å². The Morgan fingerprint density at radius 1 is 1.12 bits per heavy atom. The number of nitrogens with one attached hydrogen (secondary N) is 2. The van der Waals surface area contributed by atoms with Crippen molar-refractivity contribution in [3.8, 4) is 11.5 Å². The quantitative estimate of drug-likeness (QED) is 0.443. The number of ether oxygens (including phenoxy) is 3. The van der Waals surface area contributed by atoms with E-state index in [1.54, 1.807) is 37.3 Å². The Balaban J connectivity index is 1.70. The van der Waals surface area contributed by atoms with Crippen molar-refractivity contribution in [1.29, 1.82) is 0 Å². The molecule has 3 aromatic rings. The maximum atomic E-state index is 13.6. The minimum atomic E-state index is -1.27.